The number of hydrogen-bond acceptors (Lipinski definition) is 5. The Hall–Kier alpha value is -2.50. The average Bonchev–Trinajstić information content (AvgIpc) is 3.04. The predicted octanol–water partition coefficient (Wildman–Crippen LogP) is 2.81. The molecule has 122 valence electrons. The zero-order valence-corrected chi connectivity index (χ0v) is 13.4. The fourth-order valence-electron chi connectivity index (χ4n) is 2.97. The molecule has 23 heavy (non-hydrogen) atoms. The first kappa shape index (κ1) is 15.4. The van der Waals surface area contributed by atoms with Gasteiger partial charge in [0.25, 0.3) is 11.9 Å². The number of piperidine rings is 1. The van der Waals surface area contributed by atoms with Crippen LogP contribution in [-0.4, -0.2) is 41.5 Å². The van der Waals surface area contributed by atoms with Crippen LogP contribution in [0.3, 0.4) is 0 Å². The average molecular weight is 315 g/mol. The number of aromatic nitrogens is 1. The number of benzene rings is 1. The van der Waals surface area contributed by atoms with Crippen molar-refractivity contribution in [3.63, 3.8) is 0 Å². The van der Waals surface area contributed by atoms with Crippen LogP contribution in [0.15, 0.2) is 34.9 Å². The third-order valence-corrected chi connectivity index (χ3v) is 4.11. The van der Waals surface area contributed by atoms with E-state index in [-0.39, 0.29) is 23.5 Å². The van der Waals surface area contributed by atoms with Crippen molar-refractivity contribution < 1.29 is 14.3 Å². The number of likely N-dealkylation sites (tertiary alicyclic amines) is 1. The molecule has 1 N–H and O–H groups in total. The lowest BCUT2D eigenvalue weighted by Crippen LogP contribution is -2.38. The molecule has 6 nitrogen and oxygen atoms in total. The summed E-state index contributed by atoms with van der Waals surface area (Å²) in [5.74, 6) is 0.314. The number of nitrogens with zero attached hydrogens (tertiary/aromatic N) is 3. The molecule has 0 aliphatic carbocycles. The van der Waals surface area contributed by atoms with Crippen molar-refractivity contribution in [2.75, 3.05) is 25.5 Å². The summed E-state index contributed by atoms with van der Waals surface area (Å²) in [7, 11) is 3.63. The predicted molar refractivity (Wildman–Crippen MR) is 86.6 cm³/mol. The molecule has 1 unspecified atom stereocenters. The van der Waals surface area contributed by atoms with Crippen molar-refractivity contribution in [1.29, 1.82) is 0 Å². The Bertz CT molecular complexity index is 696. The van der Waals surface area contributed by atoms with Crippen LogP contribution < -0.4 is 4.90 Å². The quantitative estimate of drug-likeness (QED) is 0.943. The summed E-state index contributed by atoms with van der Waals surface area (Å²) in [6, 6.07) is 7.48. The maximum Gasteiger partial charge on any atom is 0.297 e. The number of carbonyl (C=O) groups excluding carboxylic acids is 1. The van der Waals surface area contributed by atoms with Gasteiger partial charge in [-0.25, -0.2) is 4.98 Å². The van der Waals surface area contributed by atoms with Gasteiger partial charge in [-0.2, -0.15) is 0 Å². The fraction of sp³-hybridized carbons (Fsp3) is 0.412. The minimum Gasteiger partial charge on any atom is -0.508 e. The van der Waals surface area contributed by atoms with Crippen molar-refractivity contribution in [3.8, 4) is 5.75 Å². The van der Waals surface area contributed by atoms with E-state index in [1.807, 2.05) is 25.1 Å². The molecular weight excluding hydrogens is 294 g/mol. The minimum absolute atomic E-state index is 0.0451. The number of oxazole rings is 1. The van der Waals surface area contributed by atoms with E-state index in [0.29, 0.717) is 12.6 Å². The first-order valence-electron chi connectivity index (χ1n) is 7.79. The van der Waals surface area contributed by atoms with Crippen LogP contribution in [-0.2, 0) is 0 Å². The first-order valence-corrected chi connectivity index (χ1v) is 7.79. The summed E-state index contributed by atoms with van der Waals surface area (Å²) in [4.78, 5) is 20.5. The zero-order valence-electron chi connectivity index (χ0n) is 13.4. The number of phenolic OH excluding ortho intramolecular Hbond substituents is 1. The molecule has 0 bridgehead atoms. The lowest BCUT2D eigenvalue weighted by atomic mass is 9.95. The van der Waals surface area contributed by atoms with Crippen LogP contribution >= 0.6 is 0 Å². The van der Waals surface area contributed by atoms with Crippen LogP contribution in [0.5, 0.6) is 5.75 Å². The van der Waals surface area contributed by atoms with Gasteiger partial charge in [0.15, 0.2) is 0 Å². The number of aromatic hydroxyl groups is 1. The third-order valence-electron chi connectivity index (χ3n) is 4.11. The summed E-state index contributed by atoms with van der Waals surface area (Å²) < 4.78 is 5.54. The van der Waals surface area contributed by atoms with Crippen LogP contribution in [0.4, 0.5) is 6.01 Å². The molecule has 2 heterocycles. The maximum atomic E-state index is 12.8. The van der Waals surface area contributed by atoms with E-state index in [2.05, 4.69) is 4.98 Å². The summed E-state index contributed by atoms with van der Waals surface area (Å²) in [6.45, 7) is 0.678. The Morgan fingerprint density at radius 1 is 1.39 bits per heavy atom. The number of rotatable bonds is 3. The summed E-state index contributed by atoms with van der Waals surface area (Å²) in [6.07, 6.45) is 4.38. The van der Waals surface area contributed by atoms with Gasteiger partial charge < -0.3 is 19.3 Å². The van der Waals surface area contributed by atoms with E-state index in [0.717, 1.165) is 24.8 Å². The van der Waals surface area contributed by atoms with Crippen molar-refractivity contribution in [2.45, 2.75) is 25.3 Å². The first-order chi connectivity index (χ1) is 11.1. The lowest BCUT2D eigenvalue weighted by molar-refractivity contribution is 0.0579. The smallest absolute Gasteiger partial charge is 0.297 e. The number of anilines is 1. The van der Waals surface area contributed by atoms with Gasteiger partial charge in [-0.05, 0) is 37.0 Å². The van der Waals surface area contributed by atoms with Gasteiger partial charge in [0.2, 0.25) is 5.76 Å². The van der Waals surface area contributed by atoms with Gasteiger partial charge >= 0.3 is 0 Å². The van der Waals surface area contributed by atoms with Crippen molar-refractivity contribution in [2.24, 2.45) is 0 Å². The Morgan fingerprint density at radius 3 is 2.91 bits per heavy atom. The highest BCUT2D eigenvalue weighted by Gasteiger charge is 2.30. The highest BCUT2D eigenvalue weighted by atomic mass is 16.4. The van der Waals surface area contributed by atoms with Crippen LogP contribution in [0.25, 0.3) is 0 Å². The number of hydrogen-bond donors (Lipinski definition) is 1. The molecule has 1 atom stereocenters. The molecule has 1 aromatic heterocycles. The molecule has 3 rings (SSSR count). The molecule has 1 aromatic carbocycles. The highest BCUT2D eigenvalue weighted by Crippen LogP contribution is 2.33. The summed E-state index contributed by atoms with van der Waals surface area (Å²) >= 11 is 0. The molecular formula is C17H21N3O3. The Morgan fingerprint density at radius 2 is 2.22 bits per heavy atom. The molecule has 0 saturated carbocycles. The molecule has 1 aliphatic heterocycles. The van der Waals surface area contributed by atoms with E-state index >= 15 is 0 Å². The van der Waals surface area contributed by atoms with Gasteiger partial charge in [0.1, 0.15) is 5.75 Å². The fourth-order valence-corrected chi connectivity index (χ4v) is 2.97. The monoisotopic (exact) mass is 315 g/mol. The topological polar surface area (TPSA) is 69.8 Å². The Labute approximate surface area is 135 Å². The largest absolute Gasteiger partial charge is 0.508 e. The summed E-state index contributed by atoms with van der Waals surface area (Å²) in [5.41, 5.74) is 0.949. The highest BCUT2D eigenvalue weighted by molar-refractivity contribution is 5.91. The molecule has 1 amide bonds. The number of carbonyl (C=O) groups is 1. The second-order valence-electron chi connectivity index (χ2n) is 6.01. The van der Waals surface area contributed by atoms with E-state index in [4.69, 9.17) is 4.42 Å². The van der Waals surface area contributed by atoms with Crippen LogP contribution in [0.2, 0.25) is 0 Å². The van der Waals surface area contributed by atoms with Crippen LogP contribution in [0.1, 0.15) is 41.4 Å². The van der Waals surface area contributed by atoms with E-state index in [1.165, 1.54) is 6.20 Å². The second kappa shape index (κ2) is 6.32. The molecule has 1 aliphatic rings. The number of phenols is 1. The molecule has 1 saturated heterocycles. The molecule has 0 radical (unpaired) electrons. The van der Waals surface area contributed by atoms with Crippen LogP contribution in [0, 0.1) is 0 Å². The molecule has 2 aromatic rings. The summed E-state index contributed by atoms with van der Waals surface area (Å²) in [5, 5.41) is 9.71. The standard InChI is InChI=1S/C17H21N3O3/c1-19(2)17-18-11-15(23-17)16(22)20-9-4-3-8-14(20)12-6-5-7-13(21)10-12/h5-7,10-11,14,21H,3-4,8-9H2,1-2H3. The van der Waals surface area contributed by atoms with Gasteiger partial charge in [0.05, 0.1) is 12.2 Å². The van der Waals surface area contributed by atoms with Gasteiger partial charge in [0, 0.05) is 20.6 Å². The normalized spacial score (nSPS) is 18.0. The number of amides is 1. The van der Waals surface area contributed by atoms with Crippen molar-refractivity contribution in [1.82, 2.24) is 9.88 Å². The second-order valence-corrected chi connectivity index (χ2v) is 6.01. The van der Waals surface area contributed by atoms with Crippen molar-refractivity contribution >= 4 is 11.9 Å². The Balaban J connectivity index is 1.87. The van der Waals surface area contributed by atoms with Gasteiger partial charge in [-0.15, -0.1) is 0 Å². The zero-order chi connectivity index (χ0) is 16.4. The van der Waals surface area contributed by atoms with E-state index in [1.54, 1.807) is 23.1 Å². The third kappa shape index (κ3) is 3.16. The SMILES string of the molecule is CN(C)c1ncc(C(=O)N2CCCCC2c2cccc(O)c2)o1. The lowest BCUT2D eigenvalue weighted by Gasteiger charge is -2.35. The van der Waals surface area contributed by atoms with Crippen molar-refractivity contribution in [3.05, 3.63) is 41.8 Å². The van der Waals surface area contributed by atoms with E-state index < -0.39 is 0 Å². The van der Waals surface area contributed by atoms with Gasteiger partial charge in [-0.3, -0.25) is 4.79 Å². The van der Waals surface area contributed by atoms with E-state index in [9.17, 15) is 9.90 Å². The minimum atomic E-state index is -0.154. The molecule has 0 spiro atoms. The Kier molecular flexibility index (Phi) is 4.23. The van der Waals surface area contributed by atoms with Gasteiger partial charge in [-0.1, -0.05) is 12.1 Å². The molecule has 6 heteroatoms. The maximum absolute atomic E-state index is 12.8. The molecule has 1 fully saturated rings.